The first-order valence-electron chi connectivity index (χ1n) is 8.13. The van der Waals surface area contributed by atoms with Gasteiger partial charge in [-0.1, -0.05) is 6.92 Å². The zero-order valence-corrected chi connectivity index (χ0v) is 13.7. The van der Waals surface area contributed by atoms with Gasteiger partial charge in [-0.15, -0.1) is 0 Å². The van der Waals surface area contributed by atoms with E-state index in [1.165, 1.54) is 10.9 Å². The second kappa shape index (κ2) is 5.05. The van der Waals surface area contributed by atoms with Gasteiger partial charge in [0.05, 0.1) is 13.2 Å². The highest BCUT2D eigenvalue weighted by molar-refractivity contribution is 5.87. The third-order valence-corrected chi connectivity index (χ3v) is 4.84. The second-order valence-electron chi connectivity index (χ2n) is 6.25. The Labute approximate surface area is 134 Å². The van der Waals surface area contributed by atoms with Crippen molar-refractivity contribution in [1.82, 2.24) is 14.1 Å². The van der Waals surface area contributed by atoms with Gasteiger partial charge in [-0.05, 0) is 37.1 Å². The molecule has 0 aliphatic carbocycles. The Balaban J connectivity index is 1.90. The number of aromatic amines is 1. The summed E-state index contributed by atoms with van der Waals surface area (Å²) in [6.07, 6.45) is 3.76. The van der Waals surface area contributed by atoms with E-state index in [1.54, 1.807) is 7.11 Å². The largest absolute Gasteiger partial charge is 0.497 e. The maximum Gasteiger partial charge on any atom is 0.328 e. The SMILES string of the molecule is CCCn1cc2n(c1=O)C(C)c1[nH]c3ccc(OC)cc3c1C2. The minimum absolute atomic E-state index is 0.0257. The van der Waals surface area contributed by atoms with Crippen LogP contribution in [0, 0.1) is 0 Å². The highest BCUT2D eigenvalue weighted by Gasteiger charge is 2.28. The van der Waals surface area contributed by atoms with E-state index in [2.05, 4.69) is 24.9 Å². The molecule has 4 rings (SSSR count). The predicted octanol–water partition coefficient (Wildman–Crippen LogP) is 3.06. The van der Waals surface area contributed by atoms with Crippen molar-refractivity contribution in [2.75, 3.05) is 7.11 Å². The Kier molecular flexibility index (Phi) is 3.11. The summed E-state index contributed by atoms with van der Waals surface area (Å²) < 4.78 is 9.12. The number of hydrogen-bond donors (Lipinski definition) is 1. The average molecular weight is 311 g/mol. The quantitative estimate of drug-likeness (QED) is 0.808. The smallest absolute Gasteiger partial charge is 0.328 e. The number of H-pyrrole nitrogens is 1. The van der Waals surface area contributed by atoms with Crippen molar-refractivity contribution in [3.63, 3.8) is 0 Å². The number of fused-ring (bicyclic) bond motifs is 4. The summed E-state index contributed by atoms with van der Waals surface area (Å²) in [4.78, 5) is 16.1. The number of rotatable bonds is 3. The number of benzene rings is 1. The third-order valence-electron chi connectivity index (χ3n) is 4.84. The lowest BCUT2D eigenvalue weighted by molar-refractivity contribution is 0.415. The number of hydrogen-bond acceptors (Lipinski definition) is 2. The fraction of sp³-hybridized carbons (Fsp3) is 0.389. The molecule has 0 radical (unpaired) electrons. The minimum Gasteiger partial charge on any atom is -0.497 e. The van der Waals surface area contributed by atoms with Crippen LogP contribution in [0.1, 0.15) is 43.3 Å². The fourth-order valence-corrected chi connectivity index (χ4v) is 3.74. The molecule has 3 heterocycles. The number of aromatic nitrogens is 3. The topological polar surface area (TPSA) is 52.0 Å². The molecule has 0 fully saturated rings. The molecule has 5 nitrogen and oxygen atoms in total. The van der Waals surface area contributed by atoms with Crippen LogP contribution >= 0.6 is 0 Å². The molecule has 1 aliphatic rings. The normalized spacial score (nSPS) is 16.4. The number of ether oxygens (including phenoxy) is 1. The van der Waals surface area contributed by atoms with Crippen LogP contribution in [0.3, 0.4) is 0 Å². The Morgan fingerprint density at radius 3 is 2.96 bits per heavy atom. The summed E-state index contributed by atoms with van der Waals surface area (Å²) in [6, 6.07) is 6.11. The van der Waals surface area contributed by atoms with Crippen molar-refractivity contribution in [2.24, 2.45) is 0 Å². The molecule has 1 aliphatic heterocycles. The maximum absolute atomic E-state index is 12.6. The van der Waals surface area contributed by atoms with E-state index in [1.807, 2.05) is 27.5 Å². The first kappa shape index (κ1) is 14.2. The van der Waals surface area contributed by atoms with Crippen molar-refractivity contribution in [3.05, 3.63) is 51.8 Å². The van der Waals surface area contributed by atoms with Crippen LogP contribution in [0.15, 0.2) is 29.2 Å². The van der Waals surface area contributed by atoms with Crippen LogP contribution in [0.2, 0.25) is 0 Å². The second-order valence-corrected chi connectivity index (χ2v) is 6.25. The summed E-state index contributed by atoms with van der Waals surface area (Å²) in [7, 11) is 1.69. The third kappa shape index (κ3) is 1.96. The van der Waals surface area contributed by atoms with E-state index >= 15 is 0 Å². The van der Waals surface area contributed by atoms with Crippen LogP contribution in [-0.2, 0) is 13.0 Å². The van der Waals surface area contributed by atoms with Gasteiger partial charge >= 0.3 is 5.69 Å². The number of aryl methyl sites for hydroxylation is 1. The van der Waals surface area contributed by atoms with Gasteiger partial charge in [0, 0.05) is 41.5 Å². The summed E-state index contributed by atoms with van der Waals surface area (Å²) in [5.41, 5.74) is 4.70. The van der Waals surface area contributed by atoms with Gasteiger partial charge in [0.15, 0.2) is 0 Å². The van der Waals surface area contributed by atoms with E-state index in [-0.39, 0.29) is 11.7 Å². The Morgan fingerprint density at radius 2 is 2.22 bits per heavy atom. The zero-order valence-electron chi connectivity index (χ0n) is 13.7. The molecule has 1 atom stereocenters. The van der Waals surface area contributed by atoms with Gasteiger partial charge in [-0.3, -0.25) is 9.13 Å². The van der Waals surface area contributed by atoms with E-state index < -0.39 is 0 Å². The van der Waals surface area contributed by atoms with Gasteiger partial charge in [-0.2, -0.15) is 0 Å². The predicted molar refractivity (Wildman–Crippen MR) is 90.5 cm³/mol. The van der Waals surface area contributed by atoms with Crippen LogP contribution < -0.4 is 10.4 Å². The van der Waals surface area contributed by atoms with Crippen LogP contribution in [0.25, 0.3) is 10.9 Å². The molecule has 2 aromatic heterocycles. The average Bonchev–Trinajstić information content (AvgIpc) is 3.07. The maximum atomic E-state index is 12.6. The Bertz CT molecular complexity index is 945. The first-order valence-corrected chi connectivity index (χ1v) is 8.13. The van der Waals surface area contributed by atoms with Gasteiger partial charge in [0.1, 0.15) is 5.75 Å². The Morgan fingerprint density at radius 1 is 1.39 bits per heavy atom. The zero-order chi connectivity index (χ0) is 16.1. The lowest BCUT2D eigenvalue weighted by Crippen LogP contribution is -2.30. The van der Waals surface area contributed by atoms with Crippen molar-refractivity contribution in [3.8, 4) is 5.75 Å². The molecule has 0 saturated carbocycles. The number of methoxy groups -OCH3 is 1. The van der Waals surface area contributed by atoms with Crippen molar-refractivity contribution in [2.45, 2.75) is 39.3 Å². The molecule has 0 amide bonds. The molecular weight excluding hydrogens is 290 g/mol. The van der Waals surface area contributed by atoms with Gasteiger partial charge < -0.3 is 9.72 Å². The molecule has 0 spiro atoms. The van der Waals surface area contributed by atoms with E-state index in [0.29, 0.717) is 0 Å². The number of nitrogens with one attached hydrogen (secondary N) is 1. The summed E-state index contributed by atoms with van der Waals surface area (Å²) >= 11 is 0. The van der Waals surface area contributed by atoms with Crippen molar-refractivity contribution < 1.29 is 4.74 Å². The fourth-order valence-electron chi connectivity index (χ4n) is 3.74. The minimum atomic E-state index is 0.0257. The van der Waals surface area contributed by atoms with Gasteiger partial charge in [0.2, 0.25) is 0 Å². The van der Waals surface area contributed by atoms with Gasteiger partial charge in [-0.25, -0.2) is 4.79 Å². The number of nitrogens with zero attached hydrogens (tertiary/aromatic N) is 2. The van der Waals surface area contributed by atoms with E-state index in [4.69, 9.17) is 4.74 Å². The molecule has 120 valence electrons. The standard InChI is InChI=1S/C18H21N3O2/c1-4-7-20-10-12-8-15-14-9-13(23-3)5-6-16(14)19-17(15)11(2)21(12)18(20)22/h5-6,9-11,19H,4,7-8H2,1-3H3. The Hall–Kier alpha value is -2.43. The summed E-state index contributed by atoms with van der Waals surface area (Å²) in [5.74, 6) is 0.860. The van der Waals surface area contributed by atoms with Crippen molar-refractivity contribution >= 4 is 10.9 Å². The molecule has 3 aromatic rings. The summed E-state index contributed by atoms with van der Waals surface area (Å²) in [6.45, 7) is 4.95. The molecule has 0 saturated heterocycles. The monoisotopic (exact) mass is 311 g/mol. The van der Waals surface area contributed by atoms with Crippen LogP contribution in [-0.4, -0.2) is 21.2 Å². The van der Waals surface area contributed by atoms with Crippen LogP contribution in [0.5, 0.6) is 5.75 Å². The molecule has 1 unspecified atom stereocenters. The lowest BCUT2D eigenvalue weighted by Gasteiger charge is -2.21. The van der Waals surface area contributed by atoms with Crippen molar-refractivity contribution in [1.29, 1.82) is 0 Å². The van der Waals surface area contributed by atoms with E-state index in [9.17, 15) is 4.79 Å². The first-order chi connectivity index (χ1) is 11.1. The molecule has 5 heteroatoms. The molecule has 1 aromatic carbocycles. The lowest BCUT2D eigenvalue weighted by atomic mass is 9.98. The highest BCUT2D eigenvalue weighted by atomic mass is 16.5. The number of imidazole rings is 1. The van der Waals surface area contributed by atoms with Crippen LogP contribution in [0.4, 0.5) is 0 Å². The molecule has 23 heavy (non-hydrogen) atoms. The highest BCUT2D eigenvalue weighted by Crippen LogP contribution is 2.36. The molecule has 0 bridgehead atoms. The van der Waals surface area contributed by atoms with E-state index in [0.717, 1.165) is 42.0 Å². The molecule has 1 N–H and O–H groups in total. The summed E-state index contributed by atoms with van der Waals surface area (Å²) in [5, 5.41) is 1.19. The molecular formula is C18H21N3O2. The van der Waals surface area contributed by atoms with Gasteiger partial charge in [0.25, 0.3) is 0 Å².